The van der Waals surface area contributed by atoms with Crippen molar-refractivity contribution < 1.29 is 43.5 Å². The van der Waals surface area contributed by atoms with Gasteiger partial charge in [-0.15, -0.1) is 0 Å². The summed E-state index contributed by atoms with van der Waals surface area (Å²) in [5.74, 6) is -2.05. The van der Waals surface area contributed by atoms with Crippen LogP contribution in [-0.2, 0) is 33.3 Å². The molecule has 1 saturated heterocycles. The zero-order chi connectivity index (χ0) is 26.5. The van der Waals surface area contributed by atoms with Gasteiger partial charge < -0.3 is 29.2 Å². The van der Waals surface area contributed by atoms with Crippen molar-refractivity contribution in [1.29, 1.82) is 0 Å². The highest BCUT2D eigenvalue weighted by molar-refractivity contribution is 5.85. The smallest absolute Gasteiger partial charge is 0.331 e. The molecule has 1 spiro atoms. The van der Waals surface area contributed by atoms with Gasteiger partial charge in [-0.1, -0.05) is 27.7 Å². The Morgan fingerprint density at radius 2 is 2.03 bits per heavy atom. The van der Waals surface area contributed by atoms with Crippen LogP contribution in [0.3, 0.4) is 0 Å². The van der Waals surface area contributed by atoms with Gasteiger partial charge in [-0.2, -0.15) is 0 Å². The quantitative estimate of drug-likeness (QED) is 0.288. The molecule has 2 heterocycles. The molecule has 2 aliphatic carbocycles. The van der Waals surface area contributed by atoms with Gasteiger partial charge in [-0.05, 0) is 43.4 Å². The van der Waals surface area contributed by atoms with Gasteiger partial charge in [0.1, 0.15) is 24.9 Å². The molecule has 1 unspecified atom stereocenters. The lowest BCUT2D eigenvalue weighted by molar-refractivity contribution is -0.254. The lowest BCUT2D eigenvalue weighted by Crippen LogP contribution is -2.70. The number of hydrogen-bond donors (Lipinski definition) is 2. The average Bonchev–Trinajstić information content (AvgIpc) is 3.47. The molecule has 0 aromatic carbocycles. The third-order valence-electron chi connectivity index (χ3n) is 9.65. The van der Waals surface area contributed by atoms with Crippen LogP contribution in [-0.4, -0.2) is 71.9 Å². The normalized spacial score (nSPS) is 41.1. The second-order valence-electron chi connectivity index (χ2n) is 11.6. The molecule has 0 aromatic rings. The summed E-state index contributed by atoms with van der Waals surface area (Å²) < 4.78 is 22.8. The fourth-order valence-electron chi connectivity index (χ4n) is 7.09. The minimum absolute atomic E-state index is 0.0375. The number of cyclic esters (lactones) is 1. The summed E-state index contributed by atoms with van der Waals surface area (Å²) in [5, 5.41) is 22.9. The van der Waals surface area contributed by atoms with Gasteiger partial charge in [0.25, 0.3) is 0 Å². The van der Waals surface area contributed by atoms with E-state index < -0.39 is 52.6 Å². The summed E-state index contributed by atoms with van der Waals surface area (Å²) in [6, 6.07) is 0. The van der Waals surface area contributed by atoms with E-state index in [1.54, 1.807) is 0 Å². The molecule has 2 aliphatic heterocycles. The highest BCUT2D eigenvalue weighted by Gasteiger charge is 2.76. The van der Waals surface area contributed by atoms with Gasteiger partial charge >= 0.3 is 17.9 Å². The standard InChI is InChI=1S/C27H40O9/c1-6-15(2)24(32)36-20-7-8-26(13-35-26)27(14-34-17(4)28)21(30)9-16(3)25(5,23(20)27)11-19(29)18-10-22(31)33-12-18/h10,15-16,19-21,23,29-30H,6-9,11-14H2,1-5H3/t15-,16+,19-,20+,21-,23+,25-,26?,27+/m0/s1. The lowest BCUT2D eigenvalue weighted by Gasteiger charge is -2.64. The Hall–Kier alpha value is -1.97. The van der Waals surface area contributed by atoms with E-state index in [0.29, 0.717) is 37.9 Å². The minimum Gasteiger partial charge on any atom is -0.465 e. The van der Waals surface area contributed by atoms with Crippen LogP contribution in [0.25, 0.3) is 0 Å². The molecule has 4 aliphatic rings. The molecule has 9 nitrogen and oxygen atoms in total. The largest absolute Gasteiger partial charge is 0.465 e. The lowest BCUT2D eigenvalue weighted by atomic mass is 9.42. The number of epoxide rings is 1. The first-order valence-corrected chi connectivity index (χ1v) is 13.1. The van der Waals surface area contributed by atoms with Crippen molar-refractivity contribution in [2.45, 2.75) is 90.6 Å². The molecular formula is C27H40O9. The number of rotatable bonds is 8. The van der Waals surface area contributed by atoms with Crippen molar-refractivity contribution in [3.63, 3.8) is 0 Å². The summed E-state index contributed by atoms with van der Waals surface area (Å²) in [5.41, 5.74) is -1.84. The zero-order valence-electron chi connectivity index (χ0n) is 22.0. The summed E-state index contributed by atoms with van der Waals surface area (Å²) in [6.07, 6.45) is 1.40. The number of carbonyl (C=O) groups excluding carboxylic acids is 3. The zero-order valence-corrected chi connectivity index (χ0v) is 22.0. The van der Waals surface area contributed by atoms with E-state index in [9.17, 15) is 24.6 Å². The molecule has 4 rings (SSSR count). The van der Waals surface area contributed by atoms with E-state index in [4.69, 9.17) is 18.9 Å². The number of ether oxygens (including phenoxy) is 4. The predicted molar refractivity (Wildman–Crippen MR) is 127 cm³/mol. The van der Waals surface area contributed by atoms with Crippen molar-refractivity contribution in [2.24, 2.45) is 28.6 Å². The molecule has 0 bridgehead atoms. The second kappa shape index (κ2) is 9.72. The average molecular weight is 509 g/mol. The predicted octanol–water partition coefficient (Wildman–Crippen LogP) is 2.31. The second-order valence-corrected chi connectivity index (χ2v) is 11.6. The third kappa shape index (κ3) is 4.37. The van der Waals surface area contributed by atoms with E-state index in [1.165, 1.54) is 13.0 Å². The first-order chi connectivity index (χ1) is 16.9. The topological polar surface area (TPSA) is 132 Å². The number of carbonyl (C=O) groups is 3. The molecular weight excluding hydrogens is 468 g/mol. The van der Waals surface area contributed by atoms with Crippen LogP contribution in [0, 0.1) is 28.6 Å². The molecule has 0 radical (unpaired) electrons. The summed E-state index contributed by atoms with van der Waals surface area (Å²) in [7, 11) is 0. The Bertz CT molecular complexity index is 924. The molecule has 2 saturated carbocycles. The number of aliphatic hydroxyl groups excluding tert-OH is 2. The Morgan fingerprint density at radius 1 is 1.33 bits per heavy atom. The number of fused-ring (bicyclic) bond motifs is 2. The van der Waals surface area contributed by atoms with Gasteiger partial charge in [-0.25, -0.2) is 4.79 Å². The first-order valence-electron chi connectivity index (χ1n) is 13.1. The molecule has 202 valence electrons. The van der Waals surface area contributed by atoms with Crippen molar-refractivity contribution >= 4 is 17.9 Å². The molecule has 0 amide bonds. The van der Waals surface area contributed by atoms with Crippen LogP contribution in [0.1, 0.15) is 66.7 Å². The third-order valence-corrected chi connectivity index (χ3v) is 9.65. The molecule has 36 heavy (non-hydrogen) atoms. The molecule has 9 heteroatoms. The summed E-state index contributed by atoms with van der Waals surface area (Å²) in [6.45, 7) is 9.56. The number of hydrogen-bond acceptors (Lipinski definition) is 9. The SMILES string of the molecule is CC[C@H](C)C(=O)O[C@@H]1CCC2(CO2)[C@@]2(COC(C)=O)[C@H]1[C@@](C)(C[C@H](O)C1=CC(=O)OC1)[C@H](C)C[C@@H]2O. The molecule has 9 atom stereocenters. The van der Waals surface area contributed by atoms with Crippen molar-refractivity contribution in [3.05, 3.63) is 11.6 Å². The van der Waals surface area contributed by atoms with E-state index in [2.05, 4.69) is 0 Å². The Morgan fingerprint density at radius 3 is 2.58 bits per heavy atom. The van der Waals surface area contributed by atoms with Crippen molar-refractivity contribution in [3.8, 4) is 0 Å². The van der Waals surface area contributed by atoms with E-state index in [0.717, 1.165) is 0 Å². The fourth-order valence-corrected chi connectivity index (χ4v) is 7.09. The number of esters is 3. The van der Waals surface area contributed by atoms with E-state index >= 15 is 0 Å². The Labute approximate surface area is 212 Å². The monoisotopic (exact) mass is 508 g/mol. The van der Waals surface area contributed by atoms with Crippen LogP contribution >= 0.6 is 0 Å². The van der Waals surface area contributed by atoms with Crippen LogP contribution < -0.4 is 0 Å². The van der Waals surface area contributed by atoms with Crippen LogP contribution in [0.15, 0.2) is 11.6 Å². The van der Waals surface area contributed by atoms with E-state index in [-0.39, 0.29) is 37.4 Å². The van der Waals surface area contributed by atoms with Crippen LogP contribution in [0.4, 0.5) is 0 Å². The van der Waals surface area contributed by atoms with Gasteiger partial charge in [0.15, 0.2) is 0 Å². The van der Waals surface area contributed by atoms with Crippen LogP contribution in [0.5, 0.6) is 0 Å². The summed E-state index contributed by atoms with van der Waals surface area (Å²) in [4.78, 5) is 36.6. The maximum absolute atomic E-state index is 13.0. The van der Waals surface area contributed by atoms with E-state index in [1.807, 2.05) is 27.7 Å². The van der Waals surface area contributed by atoms with Crippen LogP contribution in [0.2, 0.25) is 0 Å². The highest BCUT2D eigenvalue weighted by atomic mass is 16.6. The Balaban J connectivity index is 1.79. The fraction of sp³-hybridized carbons (Fsp3) is 0.815. The first kappa shape index (κ1) is 27.1. The summed E-state index contributed by atoms with van der Waals surface area (Å²) >= 11 is 0. The van der Waals surface area contributed by atoms with Gasteiger partial charge in [0.2, 0.25) is 0 Å². The van der Waals surface area contributed by atoms with Crippen molar-refractivity contribution in [2.75, 3.05) is 19.8 Å². The molecule has 0 aromatic heterocycles. The molecule has 3 fully saturated rings. The van der Waals surface area contributed by atoms with Gasteiger partial charge in [0.05, 0.1) is 30.1 Å². The molecule has 2 N–H and O–H groups in total. The maximum Gasteiger partial charge on any atom is 0.331 e. The maximum atomic E-state index is 13.0. The Kier molecular flexibility index (Phi) is 7.31. The van der Waals surface area contributed by atoms with Crippen molar-refractivity contribution in [1.82, 2.24) is 0 Å². The van der Waals surface area contributed by atoms with Gasteiger partial charge in [-0.3, -0.25) is 9.59 Å². The highest BCUT2D eigenvalue weighted by Crippen LogP contribution is 2.69. The van der Waals surface area contributed by atoms with Gasteiger partial charge in [0, 0.05) is 24.5 Å². The number of aliphatic hydroxyl groups is 2. The minimum atomic E-state index is -1.01.